The molecule has 1 aromatic rings. The van der Waals surface area contributed by atoms with Crippen LogP contribution in [-0.4, -0.2) is 29.3 Å². The molecule has 1 N–H and O–H groups in total. The second-order valence-electron chi connectivity index (χ2n) is 4.76. The van der Waals surface area contributed by atoms with E-state index >= 15 is 0 Å². The van der Waals surface area contributed by atoms with Crippen molar-refractivity contribution in [2.45, 2.75) is 32.9 Å². The fourth-order valence-electron chi connectivity index (χ4n) is 1.13. The van der Waals surface area contributed by atoms with Crippen molar-refractivity contribution in [3.8, 4) is 12.3 Å². The van der Waals surface area contributed by atoms with Gasteiger partial charge in [0, 0.05) is 5.38 Å². The highest BCUT2D eigenvalue weighted by atomic mass is 32.1. The first-order valence-corrected chi connectivity index (χ1v) is 6.71. The van der Waals surface area contributed by atoms with Crippen LogP contribution in [0.2, 0.25) is 0 Å². The van der Waals surface area contributed by atoms with Gasteiger partial charge >= 0.3 is 12.1 Å². The van der Waals surface area contributed by atoms with Gasteiger partial charge in [-0.15, -0.1) is 17.8 Å². The van der Waals surface area contributed by atoms with Crippen LogP contribution in [0.5, 0.6) is 0 Å². The molecule has 0 saturated carbocycles. The van der Waals surface area contributed by atoms with E-state index in [1.54, 1.807) is 26.2 Å². The van der Waals surface area contributed by atoms with Crippen molar-refractivity contribution >= 4 is 23.4 Å². The number of rotatable bonds is 4. The minimum absolute atomic E-state index is 0.0954. The van der Waals surface area contributed by atoms with Crippen molar-refractivity contribution in [1.29, 1.82) is 0 Å². The van der Waals surface area contributed by atoms with Gasteiger partial charge in [0.05, 0.1) is 6.54 Å². The molecule has 0 aliphatic carbocycles. The standard InChI is InChI=1S/C13H16N2O4S/c1-5-6-18-11(16)9-8-20-10(15-9)7-14-12(17)19-13(2,3)4/h1,8H,6-7H2,2-4H3,(H,14,17). The Morgan fingerprint density at radius 3 is 2.80 bits per heavy atom. The monoisotopic (exact) mass is 296 g/mol. The zero-order valence-corrected chi connectivity index (χ0v) is 12.4. The summed E-state index contributed by atoms with van der Waals surface area (Å²) in [6, 6.07) is 0. The smallest absolute Gasteiger partial charge is 0.408 e. The van der Waals surface area contributed by atoms with E-state index in [1.165, 1.54) is 11.3 Å². The van der Waals surface area contributed by atoms with Crippen LogP contribution in [0.25, 0.3) is 0 Å². The lowest BCUT2D eigenvalue weighted by atomic mass is 10.2. The average Bonchev–Trinajstić information content (AvgIpc) is 2.80. The van der Waals surface area contributed by atoms with E-state index < -0.39 is 17.7 Å². The predicted molar refractivity (Wildman–Crippen MR) is 74.3 cm³/mol. The van der Waals surface area contributed by atoms with Gasteiger partial charge in [0.1, 0.15) is 10.6 Å². The van der Waals surface area contributed by atoms with Gasteiger partial charge in [-0.3, -0.25) is 0 Å². The Bertz CT molecular complexity index is 525. The Morgan fingerprint density at radius 2 is 2.20 bits per heavy atom. The van der Waals surface area contributed by atoms with E-state index in [2.05, 4.69) is 16.2 Å². The minimum atomic E-state index is -0.581. The molecule has 0 aliphatic rings. The van der Waals surface area contributed by atoms with E-state index in [1.807, 2.05) is 0 Å². The number of hydrogen-bond donors (Lipinski definition) is 1. The summed E-state index contributed by atoms with van der Waals surface area (Å²) in [4.78, 5) is 26.9. The number of ether oxygens (including phenoxy) is 2. The highest BCUT2D eigenvalue weighted by molar-refractivity contribution is 7.09. The van der Waals surface area contributed by atoms with Crippen molar-refractivity contribution in [3.05, 3.63) is 16.1 Å². The maximum Gasteiger partial charge on any atom is 0.408 e. The van der Waals surface area contributed by atoms with E-state index in [0.29, 0.717) is 5.01 Å². The molecule has 108 valence electrons. The summed E-state index contributed by atoms with van der Waals surface area (Å²) in [7, 11) is 0. The van der Waals surface area contributed by atoms with E-state index in [-0.39, 0.29) is 18.8 Å². The number of terminal acetylenes is 1. The number of hydrogen-bond acceptors (Lipinski definition) is 6. The Hall–Kier alpha value is -2.07. The van der Waals surface area contributed by atoms with Crippen molar-refractivity contribution in [2.24, 2.45) is 0 Å². The van der Waals surface area contributed by atoms with E-state index in [9.17, 15) is 9.59 Å². The lowest BCUT2D eigenvalue weighted by molar-refractivity contribution is 0.0522. The second kappa shape index (κ2) is 6.91. The molecule has 20 heavy (non-hydrogen) atoms. The molecule has 0 bridgehead atoms. The predicted octanol–water partition coefficient (Wildman–Crippen LogP) is 1.96. The zero-order chi connectivity index (χ0) is 15.2. The molecular formula is C13H16N2O4S. The molecule has 1 rings (SSSR count). The number of carbonyl (C=O) groups is 2. The van der Waals surface area contributed by atoms with Gasteiger partial charge in [0.15, 0.2) is 12.3 Å². The number of esters is 1. The summed E-state index contributed by atoms with van der Waals surface area (Å²) in [5.74, 6) is 1.62. The van der Waals surface area contributed by atoms with Crippen LogP contribution in [0.1, 0.15) is 36.3 Å². The van der Waals surface area contributed by atoms with Gasteiger partial charge in [-0.1, -0.05) is 5.92 Å². The molecule has 0 fully saturated rings. The largest absolute Gasteiger partial charge is 0.448 e. The number of carbonyl (C=O) groups excluding carboxylic acids is 2. The van der Waals surface area contributed by atoms with Gasteiger partial charge in [0.25, 0.3) is 0 Å². The van der Waals surface area contributed by atoms with E-state index in [4.69, 9.17) is 15.9 Å². The minimum Gasteiger partial charge on any atom is -0.448 e. The molecule has 0 saturated heterocycles. The molecule has 0 unspecified atom stereocenters. The SMILES string of the molecule is C#CCOC(=O)c1csc(CNC(=O)OC(C)(C)C)n1. The van der Waals surface area contributed by atoms with Gasteiger partial charge in [0.2, 0.25) is 0 Å². The van der Waals surface area contributed by atoms with Crippen LogP contribution < -0.4 is 5.32 Å². The molecule has 6 nitrogen and oxygen atoms in total. The number of aromatic nitrogens is 1. The first-order valence-electron chi connectivity index (χ1n) is 5.83. The molecule has 0 aromatic carbocycles. The summed E-state index contributed by atoms with van der Waals surface area (Å²) in [5.41, 5.74) is -0.386. The molecule has 0 spiro atoms. The number of nitrogens with zero attached hydrogens (tertiary/aromatic N) is 1. The first kappa shape index (κ1) is 16.0. The normalized spacial score (nSPS) is 10.5. The highest BCUT2D eigenvalue weighted by Gasteiger charge is 2.17. The Morgan fingerprint density at radius 1 is 1.50 bits per heavy atom. The second-order valence-corrected chi connectivity index (χ2v) is 5.70. The number of thiazole rings is 1. The van der Waals surface area contributed by atoms with Crippen molar-refractivity contribution < 1.29 is 19.1 Å². The van der Waals surface area contributed by atoms with Crippen LogP contribution in [-0.2, 0) is 16.0 Å². The van der Waals surface area contributed by atoms with Crippen LogP contribution in [0.4, 0.5) is 4.79 Å². The molecular weight excluding hydrogens is 280 g/mol. The zero-order valence-electron chi connectivity index (χ0n) is 11.6. The van der Waals surface area contributed by atoms with Crippen molar-refractivity contribution in [2.75, 3.05) is 6.61 Å². The Balaban J connectivity index is 2.47. The molecule has 1 heterocycles. The van der Waals surface area contributed by atoms with Gasteiger partial charge in [-0.2, -0.15) is 0 Å². The molecule has 0 aliphatic heterocycles. The van der Waals surface area contributed by atoms with Crippen LogP contribution in [0.15, 0.2) is 5.38 Å². The van der Waals surface area contributed by atoms with Gasteiger partial charge in [-0.05, 0) is 20.8 Å². The Kier molecular flexibility index (Phi) is 5.53. The number of alkyl carbamates (subject to hydrolysis) is 1. The quantitative estimate of drug-likeness (QED) is 0.679. The van der Waals surface area contributed by atoms with Gasteiger partial charge in [-0.25, -0.2) is 14.6 Å². The van der Waals surface area contributed by atoms with Crippen LogP contribution in [0, 0.1) is 12.3 Å². The first-order chi connectivity index (χ1) is 9.31. The number of nitrogens with one attached hydrogen (secondary N) is 1. The fourth-order valence-corrected chi connectivity index (χ4v) is 1.83. The van der Waals surface area contributed by atoms with Crippen LogP contribution in [0.3, 0.4) is 0 Å². The number of amides is 1. The summed E-state index contributed by atoms with van der Waals surface area (Å²) in [6.07, 6.45) is 4.45. The van der Waals surface area contributed by atoms with Crippen molar-refractivity contribution in [1.82, 2.24) is 10.3 Å². The molecule has 1 aromatic heterocycles. The maximum atomic E-state index is 11.5. The maximum absolute atomic E-state index is 11.5. The third-order valence-corrected chi connectivity index (χ3v) is 2.68. The van der Waals surface area contributed by atoms with Gasteiger partial charge < -0.3 is 14.8 Å². The topological polar surface area (TPSA) is 77.5 Å². The lowest BCUT2D eigenvalue weighted by Gasteiger charge is -2.19. The molecule has 7 heteroatoms. The third kappa shape index (κ3) is 5.71. The average molecular weight is 296 g/mol. The third-order valence-electron chi connectivity index (χ3n) is 1.83. The molecule has 1 amide bonds. The van der Waals surface area contributed by atoms with E-state index in [0.717, 1.165) is 0 Å². The summed E-state index contributed by atoms with van der Waals surface area (Å²) in [6.45, 7) is 5.41. The lowest BCUT2D eigenvalue weighted by Crippen LogP contribution is -2.32. The molecule has 0 radical (unpaired) electrons. The highest BCUT2D eigenvalue weighted by Crippen LogP contribution is 2.11. The van der Waals surface area contributed by atoms with Crippen molar-refractivity contribution in [3.63, 3.8) is 0 Å². The summed E-state index contributed by atoms with van der Waals surface area (Å²) < 4.78 is 9.82. The summed E-state index contributed by atoms with van der Waals surface area (Å²) >= 11 is 1.24. The fraction of sp³-hybridized carbons (Fsp3) is 0.462. The molecule has 0 atom stereocenters. The Labute approximate surface area is 121 Å². The summed E-state index contributed by atoms with van der Waals surface area (Å²) in [5, 5.41) is 4.67. The van der Waals surface area contributed by atoms with Crippen LogP contribution >= 0.6 is 11.3 Å².